The maximum absolute atomic E-state index is 13.9. The zero-order chi connectivity index (χ0) is 12.7. The minimum Gasteiger partial charge on any atom is -0.313 e. The zero-order valence-electron chi connectivity index (χ0n) is 10.6. The minimum atomic E-state index is -0.419. The molecule has 3 rings (SSSR count). The Morgan fingerprint density at radius 2 is 1.89 bits per heavy atom. The normalized spacial score (nSPS) is 31.8. The van der Waals surface area contributed by atoms with E-state index in [1.54, 1.807) is 0 Å². The lowest BCUT2D eigenvalue weighted by Gasteiger charge is -2.31. The van der Waals surface area contributed by atoms with Gasteiger partial charge < -0.3 is 5.32 Å². The van der Waals surface area contributed by atoms with Crippen LogP contribution in [0.25, 0.3) is 0 Å². The van der Waals surface area contributed by atoms with Gasteiger partial charge in [-0.15, -0.1) is 0 Å². The van der Waals surface area contributed by atoms with Gasteiger partial charge in [0.1, 0.15) is 11.6 Å². The topological polar surface area (TPSA) is 12.0 Å². The van der Waals surface area contributed by atoms with Gasteiger partial charge in [-0.1, -0.05) is 12.5 Å². The van der Waals surface area contributed by atoms with Gasteiger partial charge >= 0.3 is 0 Å². The molecule has 3 heteroatoms. The van der Waals surface area contributed by atoms with Crippen molar-refractivity contribution in [2.24, 2.45) is 17.8 Å². The average Bonchev–Trinajstić information content (AvgIpc) is 2.96. The Labute approximate surface area is 107 Å². The third kappa shape index (κ3) is 1.85. The van der Waals surface area contributed by atoms with E-state index in [2.05, 4.69) is 5.32 Å². The van der Waals surface area contributed by atoms with Crippen LogP contribution in [0.1, 0.15) is 37.3 Å². The first-order chi connectivity index (χ1) is 8.70. The van der Waals surface area contributed by atoms with Crippen molar-refractivity contribution in [2.45, 2.75) is 31.7 Å². The number of hydrogen-bond acceptors (Lipinski definition) is 1. The summed E-state index contributed by atoms with van der Waals surface area (Å²) in [4.78, 5) is 0. The highest BCUT2D eigenvalue weighted by Crippen LogP contribution is 2.52. The van der Waals surface area contributed by atoms with Crippen LogP contribution in [0.2, 0.25) is 0 Å². The van der Waals surface area contributed by atoms with Crippen LogP contribution in [0, 0.1) is 29.4 Å². The van der Waals surface area contributed by atoms with Crippen molar-refractivity contribution >= 4 is 0 Å². The number of rotatable bonds is 3. The molecule has 0 aromatic heterocycles. The van der Waals surface area contributed by atoms with Gasteiger partial charge in [0.2, 0.25) is 0 Å². The van der Waals surface area contributed by atoms with Crippen LogP contribution in [0.4, 0.5) is 8.78 Å². The first kappa shape index (κ1) is 12.1. The molecule has 2 bridgehead atoms. The molecule has 2 fully saturated rings. The molecule has 1 N–H and O–H groups in total. The summed E-state index contributed by atoms with van der Waals surface area (Å²) in [7, 11) is 1.81. The molecule has 0 amide bonds. The Morgan fingerprint density at radius 3 is 2.39 bits per heavy atom. The monoisotopic (exact) mass is 251 g/mol. The summed E-state index contributed by atoms with van der Waals surface area (Å²) in [6, 6.07) is 3.97. The fourth-order valence-electron chi connectivity index (χ4n) is 4.08. The fourth-order valence-corrected chi connectivity index (χ4v) is 4.08. The van der Waals surface area contributed by atoms with Gasteiger partial charge in [-0.2, -0.15) is 0 Å². The standard InChI is InChI=1S/C15H19F2N/c1-18-15(11-8-9-5-6-10(11)7-9)14-12(16)3-2-4-13(14)17/h2-4,9-11,15,18H,5-8H2,1H3. The molecule has 0 saturated heterocycles. The number of nitrogens with one attached hydrogen (secondary N) is 1. The Bertz CT molecular complexity index is 426. The number of benzene rings is 1. The second-order valence-corrected chi connectivity index (χ2v) is 5.74. The quantitative estimate of drug-likeness (QED) is 0.864. The Kier molecular flexibility index (Phi) is 3.10. The maximum atomic E-state index is 13.9. The third-order valence-corrected chi connectivity index (χ3v) is 4.84. The largest absolute Gasteiger partial charge is 0.313 e. The van der Waals surface area contributed by atoms with Crippen LogP contribution in [0.3, 0.4) is 0 Å². The zero-order valence-corrected chi connectivity index (χ0v) is 10.6. The Balaban J connectivity index is 1.93. The summed E-state index contributed by atoms with van der Waals surface area (Å²) >= 11 is 0. The lowest BCUT2D eigenvalue weighted by atomic mass is 9.80. The summed E-state index contributed by atoms with van der Waals surface area (Å²) in [5, 5.41) is 3.15. The van der Waals surface area contributed by atoms with E-state index in [0.717, 1.165) is 12.3 Å². The molecule has 1 nitrogen and oxygen atoms in total. The summed E-state index contributed by atoms with van der Waals surface area (Å²) in [6.45, 7) is 0. The Morgan fingerprint density at radius 1 is 1.17 bits per heavy atom. The van der Waals surface area contributed by atoms with Crippen LogP contribution in [0.5, 0.6) is 0 Å². The highest BCUT2D eigenvalue weighted by atomic mass is 19.1. The molecule has 0 radical (unpaired) electrons. The molecular formula is C15H19F2N. The lowest BCUT2D eigenvalue weighted by molar-refractivity contribution is 0.250. The lowest BCUT2D eigenvalue weighted by Crippen LogP contribution is -2.30. The molecule has 2 saturated carbocycles. The Hall–Kier alpha value is -0.960. The van der Waals surface area contributed by atoms with Gasteiger partial charge in [0.15, 0.2) is 0 Å². The van der Waals surface area contributed by atoms with Crippen LogP contribution >= 0.6 is 0 Å². The van der Waals surface area contributed by atoms with Gasteiger partial charge in [-0.3, -0.25) is 0 Å². The van der Waals surface area contributed by atoms with Gasteiger partial charge in [-0.05, 0) is 56.2 Å². The second kappa shape index (κ2) is 4.61. The molecule has 98 valence electrons. The van der Waals surface area contributed by atoms with Gasteiger partial charge in [-0.25, -0.2) is 8.78 Å². The van der Waals surface area contributed by atoms with Gasteiger partial charge in [0.05, 0.1) is 0 Å². The van der Waals surface area contributed by atoms with E-state index in [0.29, 0.717) is 11.8 Å². The van der Waals surface area contributed by atoms with Crippen molar-refractivity contribution in [3.05, 3.63) is 35.4 Å². The first-order valence-corrected chi connectivity index (χ1v) is 6.82. The molecule has 4 atom stereocenters. The molecule has 1 aromatic carbocycles. The molecule has 2 aliphatic carbocycles. The van der Waals surface area contributed by atoms with Crippen molar-refractivity contribution in [2.75, 3.05) is 7.05 Å². The van der Waals surface area contributed by atoms with Gasteiger partial charge in [0, 0.05) is 11.6 Å². The summed E-state index contributed by atoms with van der Waals surface area (Å²) in [5.41, 5.74) is 0.234. The molecule has 4 unspecified atom stereocenters. The van der Waals surface area contributed by atoms with Crippen LogP contribution in [0.15, 0.2) is 18.2 Å². The minimum absolute atomic E-state index is 0.179. The van der Waals surface area contributed by atoms with E-state index in [4.69, 9.17) is 0 Å². The van der Waals surface area contributed by atoms with E-state index < -0.39 is 11.6 Å². The van der Waals surface area contributed by atoms with E-state index in [1.165, 1.54) is 37.5 Å². The molecule has 0 spiro atoms. The number of hydrogen-bond donors (Lipinski definition) is 1. The molecule has 18 heavy (non-hydrogen) atoms. The third-order valence-electron chi connectivity index (χ3n) is 4.84. The predicted octanol–water partition coefficient (Wildman–Crippen LogP) is 3.66. The highest BCUT2D eigenvalue weighted by molar-refractivity contribution is 5.25. The smallest absolute Gasteiger partial charge is 0.130 e. The van der Waals surface area contributed by atoms with Crippen molar-refractivity contribution in [3.63, 3.8) is 0 Å². The second-order valence-electron chi connectivity index (χ2n) is 5.74. The summed E-state index contributed by atoms with van der Waals surface area (Å²) in [6.07, 6.45) is 4.89. The highest BCUT2D eigenvalue weighted by Gasteiger charge is 2.44. The van der Waals surface area contributed by atoms with Crippen LogP contribution in [-0.4, -0.2) is 7.05 Å². The predicted molar refractivity (Wildman–Crippen MR) is 67.1 cm³/mol. The molecule has 0 heterocycles. The summed E-state index contributed by atoms with van der Waals surface area (Å²) < 4.78 is 27.8. The van der Waals surface area contributed by atoms with Crippen molar-refractivity contribution in [1.29, 1.82) is 0 Å². The van der Waals surface area contributed by atoms with E-state index in [-0.39, 0.29) is 11.6 Å². The molecule has 1 aromatic rings. The number of halogens is 2. The molecule has 2 aliphatic rings. The first-order valence-electron chi connectivity index (χ1n) is 6.82. The number of fused-ring (bicyclic) bond motifs is 2. The van der Waals surface area contributed by atoms with Crippen molar-refractivity contribution in [3.8, 4) is 0 Å². The SMILES string of the molecule is CNC(c1c(F)cccc1F)C1CC2CCC1C2. The fraction of sp³-hybridized carbons (Fsp3) is 0.600. The van der Waals surface area contributed by atoms with E-state index >= 15 is 0 Å². The van der Waals surface area contributed by atoms with Crippen LogP contribution in [-0.2, 0) is 0 Å². The van der Waals surface area contributed by atoms with Crippen molar-refractivity contribution < 1.29 is 8.78 Å². The van der Waals surface area contributed by atoms with E-state index in [1.807, 2.05) is 7.05 Å². The van der Waals surface area contributed by atoms with Gasteiger partial charge in [0.25, 0.3) is 0 Å². The van der Waals surface area contributed by atoms with E-state index in [9.17, 15) is 8.78 Å². The molecule has 0 aliphatic heterocycles. The molecular weight excluding hydrogens is 232 g/mol. The van der Waals surface area contributed by atoms with Crippen molar-refractivity contribution in [1.82, 2.24) is 5.32 Å². The summed E-state index contributed by atoms with van der Waals surface area (Å²) in [5.74, 6) is 0.978. The van der Waals surface area contributed by atoms with Crippen LogP contribution < -0.4 is 5.32 Å². The maximum Gasteiger partial charge on any atom is 0.130 e. The average molecular weight is 251 g/mol.